The number of hydrogen-bond donors (Lipinski definition) is 1. The van der Waals surface area contributed by atoms with E-state index in [0.29, 0.717) is 12.6 Å². The van der Waals surface area contributed by atoms with Gasteiger partial charge in [-0.3, -0.25) is 0 Å². The van der Waals surface area contributed by atoms with Crippen LogP contribution >= 0.6 is 0 Å². The molecule has 72 valence electrons. The summed E-state index contributed by atoms with van der Waals surface area (Å²) in [5.74, 6) is 6.72. The summed E-state index contributed by atoms with van der Waals surface area (Å²) in [5.41, 5.74) is 6.27. The minimum atomic E-state index is 0.403. The minimum absolute atomic E-state index is 0.403. The van der Waals surface area contributed by atoms with E-state index < -0.39 is 0 Å². The molecule has 1 aromatic rings. The van der Waals surface area contributed by atoms with Crippen molar-refractivity contribution in [3.05, 3.63) is 29.8 Å². The van der Waals surface area contributed by atoms with Crippen molar-refractivity contribution in [2.24, 2.45) is 5.73 Å². The van der Waals surface area contributed by atoms with Gasteiger partial charge in [-0.2, -0.15) is 0 Å². The van der Waals surface area contributed by atoms with E-state index in [1.54, 1.807) is 0 Å². The molecular weight excluding hydrogens is 174 g/mol. The van der Waals surface area contributed by atoms with Gasteiger partial charge in [0, 0.05) is 5.56 Å². The van der Waals surface area contributed by atoms with Gasteiger partial charge in [-0.25, -0.2) is 0 Å². The van der Waals surface area contributed by atoms with Gasteiger partial charge in [0.25, 0.3) is 0 Å². The summed E-state index contributed by atoms with van der Waals surface area (Å²) < 4.78 is 5.61. The molecule has 0 atom stereocenters. The summed E-state index contributed by atoms with van der Waals surface area (Å²) in [6, 6.07) is 7.83. The van der Waals surface area contributed by atoms with Gasteiger partial charge < -0.3 is 10.5 Å². The molecule has 1 saturated carbocycles. The summed E-state index contributed by atoms with van der Waals surface area (Å²) in [6.07, 6.45) is 2.83. The molecule has 2 nitrogen and oxygen atoms in total. The largest absolute Gasteiger partial charge is 0.490 e. The molecule has 1 aliphatic rings. The average Bonchev–Trinajstić information content (AvgIpc) is 3.01. The number of ether oxygens (including phenoxy) is 1. The van der Waals surface area contributed by atoms with Crippen molar-refractivity contribution in [2.45, 2.75) is 18.9 Å². The third-order valence-electron chi connectivity index (χ3n) is 2.02. The molecule has 0 heterocycles. The van der Waals surface area contributed by atoms with Crippen LogP contribution in [-0.2, 0) is 0 Å². The Morgan fingerprint density at radius 3 is 2.57 bits per heavy atom. The van der Waals surface area contributed by atoms with Crippen LogP contribution in [0.3, 0.4) is 0 Å². The summed E-state index contributed by atoms with van der Waals surface area (Å²) in [4.78, 5) is 0. The predicted molar refractivity (Wildman–Crippen MR) is 56.0 cm³/mol. The normalized spacial score (nSPS) is 14.4. The van der Waals surface area contributed by atoms with Crippen LogP contribution < -0.4 is 10.5 Å². The average molecular weight is 187 g/mol. The van der Waals surface area contributed by atoms with E-state index >= 15 is 0 Å². The summed E-state index contributed by atoms with van der Waals surface area (Å²) >= 11 is 0. The summed E-state index contributed by atoms with van der Waals surface area (Å²) in [5, 5.41) is 0. The molecule has 0 radical (unpaired) electrons. The second-order valence-corrected chi connectivity index (χ2v) is 3.35. The lowest BCUT2D eigenvalue weighted by Crippen LogP contribution is -1.95. The van der Waals surface area contributed by atoms with Crippen molar-refractivity contribution >= 4 is 0 Å². The SMILES string of the molecule is NCC#Cc1ccc(OC2CC2)cc1. The maximum absolute atomic E-state index is 5.61. The zero-order valence-corrected chi connectivity index (χ0v) is 7.99. The molecule has 0 amide bonds. The van der Waals surface area contributed by atoms with Gasteiger partial charge in [0.05, 0.1) is 12.6 Å². The molecule has 14 heavy (non-hydrogen) atoms. The van der Waals surface area contributed by atoms with Gasteiger partial charge in [0.15, 0.2) is 0 Å². The highest BCUT2D eigenvalue weighted by atomic mass is 16.5. The third kappa shape index (κ3) is 2.51. The molecular formula is C12H13NO. The second kappa shape index (κ2) is 4.17. The molecule has 0 aliphatic heterocycles. The Hall–Kier alpha value is -1.46. The van der Waals surface area contributed by atoms with Gasteiger partial charge in [-0.05, 0) is 37.1 Å². The third-order valence-corrected chi connectivity index (χ3v) is 2.02. The zero-order chi connectivity index (χ0) is 9.80. The van der Waals surface area contributed by atoms with Gasteiger partial charge in [-0.15, -0.1) is 0 Å². The van der Waals surface area contributed by atoms with Gasteiger partial charge in [-0.1, -0.05) is 11.8 Å². The maximum atomic E-state index is 5.61. The van der Waals surface area contributed by atoms with Crippen LogP contribution in [0, 0.1) is 11.8 Å². The van der Waals surface area contributed by atoms with Crippen LogP contribution in [0.2, 0.25) is 0 Å². The van der Waals surface area contributed by atoms with Crippen molar-refractivity contribution in [2.75, 3.05) is 6.54 Å². The van der Waals surface area contributed by atoms with Crippen LogP contribution in [-0.4, -0.2) is 12.6 Å². The van der Waals surface area contributed by atoms with Crippen LogP contribution in [0.15, 0.2) is 24.3 Å². The fourth-order valence-corrected chi connectivity index (χ4v) is 1.15. The van der Waals surface area contributed by atoms with Crippen LogP contribution in [0.1, 0.15) is 18.4 Å². The van der Waals surface area contributed by atoms with E-state index in [2.05, 4.69) is 11.8 Å². The molecule has 0 spiro atoms. The number of hydrogen-bond acceptors (Lipinski definition) is 2. The Kier molecular flexibility index (Phi) is 2.71. The lowest BCUT2D eigenvalue weighted by molar-refractivity contribution is 0.303. The van der Waals surface area contributed by atoms with Crippen molar-refractivity contribution in [1.29, 1.82) is 0 Å². The molecule has 2 N–H and O–H groups in total. The Morgan fingerprint density at radius 2 is 2.00 bits per heavy atom. The first-order valence-corrected chi connectivity index (χ1v) is 4.84. The van der Waals surface area contributed by atoms with E-state index in [9.17, 15) is 0 Å². The summed E-state index contributed by atoms with van der Waals surface area (Å²) in [7, 11) is 0. The summed E-state index contributed by atoms with van der Waals surface area (Å²) in [6.45, 7) is 0.403. The van der Waals surface area contributed by atoms with E-state index in [0.717, 1.165) is 11.3 Å². The van der Waals surface area contributed by atoms with Gasteiger partial charge >= 0.3 is 0 Å². The fourth-order valence-electron chi connectivity index (χ4n) is 1.15. The first-order chi connectivity index (χ1) is 6.88. The molecule has 2 rings (SSSR count). The second-order valence-electron chi connectivity index (χ2n) is 3.35. The molecule has 0 bridgehead atoms. The molecule has 2 heteroatoms. The molecule has 0 unspecified atom stereocenters. The van der Waals surface area contributed by atoms with E-state index in [-0.39, 0.29) is 0 Å². The molecule has 0 aromatic heterocycles. The monoisotopic (exact) mass is 187 g/mol. The van der Waals surface area contributed by atoms with Crippen LogP contribution in [0.4, 0.5) is 0 Å². The number of benzene rings is 1. The molecule has 1 aliphatic carbocycles. The maximum Gasteiger partial charge on any atom is 0.119 e. The van der Waals surface area contributed by atoms with Crippen LogP contribution in [0.5, 0.6) is 5.75 Å². The van der Waals surface area contributed by atoms with Crippen molar-refractivity contribution in [3.8, 4) is 17.6 Å². The highest BCUT2D eigenvalue weighted by Crippen LogP contribution is 2.26. The van der Waals surface area contributed by atoms with Crippen molar-refractivity contribution in [1.82, 2.24) is 0 Å². The molecule has 1 aromatic carbocycles. The van der Waals surface area contributed by atoms with E-state index in [1.165, 1.54) is 12.8 Å². The zero-order valence-electron chi connectivity index (χ0n) is 7.99. The topological polar surface area (TPSA) is 35.2 Å². The van der Waals surface area contributed by atoms with Gasteiger partial charge in [0.2, 0.25) is 0 Å². The van der Waals surface area contributed by atoms with Crippen LogP contribution in [0.25, 0.3) is 0 Å². The Labute approximate surface area is 84.1 Å². The lowest BCUT2D eigenvalue weighted by Gasteiger charge is -2.02. The Balaban J connectivity index is 2.01. The smallest absolute Gasteiger partial charge is 0.119 e. The highest BCUT2D eigenvalue weighted by molar-refractivity contribution is 5.38. The Morgan fingerprint density at radius 1 is 1.29 bits per heavy atom. The molecule has 1 fully saturated rings. The van der Waals surface area contributed by atoms with Gasteiger partial charge in [0.1, 0.15) is 5.75 Å². The Bertz CT molecular complexity index is 354. The van der Waals surface area contributed by atoms with E-state index in [4.69, 9.17) is 10.5 Å². The highest BCUT2D eigenvalue weighted by Gasteiger charge is 2.23. The van der Waals surface area contributed by atoms with E-state index in [1.807, 2.05) is 24.3 Å². The fraction of sp³-hybridized carbons (Fsp3) is 0.333. The lowest BCUT2D eigenvalue weighted by atomic mass is 10.2. The molecule has 0 saturated heterocycles. The van der Waals surface area contributed by atoms with Crippen molar-refractivity contribution < 1.29 is 4.74 Å². The standard InChI is InChI=1S/C12H13NO/c13-9-1-2-10-3-5-11(6-4-10)14-12-7-8-12/h3-6,12H,7-9,13H2. The first kappa shape index (κ1) is 9.11. The number of rotatable bonds is 2. The van der Waals surface area contributed by atoms with Crippen molar-refractivity contribution in [3.63, 3.8) is 0 Å². The minimum Gasteiger partial charge on any atom is -0.490 e. The quantitative estimate of drug-likeness (QED) is 0.713. The number of nitrogens with two attached hydrogens (primary N) is 1. The predicted octanol–water partition coefficient (Wildman–Crippen LogP) is 1.54. The first-order valence-electron chi connectivity index (χ1n) is 4.84.